The average molecular weight is 305 g/mol. The summed E-state index contributed by atoms with van der Waals surface area (Å²) in [4.78, 5) is 10.7. The van der Waals surface area contributed by atoms with E-state index >= 15 is 0 Å². The van der Waals surface area contributed by atoms with Gasteiger partial charge in [0, 0.05) is 19.7 Å². The SMILES string of the molecule is O=C(O)c1sccc1S(=O)(=O)N1CCC(CO)CC1. The summed E-state index contributed by atoms with van der Waals surface area (Å²) < 4.78 is 26.0. The molecule has 1 fully saturated rings. The van der Waals surface area contributed by atoms with Crippen LogP contribution in [0, 0.1) is 5.92 Å². The van der Waals surface area contributed by atoms with Crippen LogP contribution in [0.5, 0.6) is 0 Å². The number of piperidine rings is 1. The number of hydrogen-bond donors (Lipinski definition) is 2. The maximum Gasteiger partial charge on any atom is 0.347 e. The molecular formula is C11H15NO5S2. The van der Waals surface area contributed by atoms with Gasteiger partial charge in [0.05, 0.1) is 0 Å². The summed E-state index contributed by atoms with van der Waals surface area (Å²) >= 11 is 0.908. The molecule has 2 heterocycles. The third-order valence-electron chi connectivity index (χ3n) is 3.27. The van der Waals surface area contributed by atoms with Crippen LogP contribution in [0.1, 0.15) is 22.5 Å². The Morgan fingerprint density at radius 1 is 1.42 bits per heavy atom. The van der Waals surface area contributed by atoms with Gasteiger partial charge in [0.1, 0.15) is 9.77 Å². The number of hydrogen-bond acceptors (Lipinski definition) is 5. The number of rotatable bonds is 4. The van der Waals surface area contributed by atoms with E-state index in [1.54, 1.807) is 0 Å². The van der Waals surface area contributed by atoms with E-state index in [1.165, 1.54) is 15.8 Å². The van der Waals surface area contributed by atoms with Crippen molar-refractivity contribution in [2.45, 2.75) is 17.7 Å². The first kappa shape index (κ1) is 14.4. The second-order valence-electron chi connectivity index (χ2n) is 4.45. The summed E-state index contributed by atoms with van der Waals surface area (Å²) in [6.45, 7) is 0.706. The molecule has 0 bridgehead atoms. The largest absolute Gasteiger partial charge is 0.477 e. The van der Waals surface area contributed by atoms with Crippen molar-refractivity contribution in [1.82, 2.24) is 4.31 Å². The first-order chi connectivity index (χ1) is 8.96. The highest BCUT2D eigenvalue weighted by Crippen LogP contribution is 2.28. The second-order valence-corrected chi connectivity index (χ2v) is 7.27. The van der Waals surface area contributed by atoms with Crippen molar-refractivity contribution in [1.29, 1.82) is 0 Å². The third kappa shape index (κ3) is 2.81. The van der Waals surface area contributed by atoms with E-state index < -0.39 is 16.0 Å². The summed E-state index contributed by atoms with van der Waals surface area (Å²) in [7, 11) is -3.74. The second kappa shape index (κ2) is 5.58. The molecule has 0 aromatic carbocycles. The third-order valence-corrected chi connectivity index (χ3v) is 6.25. The number of carbonyl (C=O) groups is 1. The fraction of sp³-hybridized carbons (Fsp3) is 0.545. The van der Waals surface area contributed by atoms with Crippen molar-refractivity contribution in [2.75, 3.05) is 19.7 Å². The van der Waals surface area contributed by atoms with Crippen LogP contribution in [0.3, 0.4) is 0 Å². The number of carboxylic acid groups (broad SMARTS) is 1. The van der Waals surface area contributed by atoms with Crippen LogP contribution in [0.4, 0.5) is 0 Å². The minimum Gasteiger partial charge on any atom is -0.477 e. The molecule has 19 heavy (non-hydrogen) atoms. The number of thiophene rings is 1. The quantitative estimate of drug-likeness (QED) is 0.859. The predicted molar refractivity (Wildman–Crippen MR) is 69.8 cm³/mol. The molecule has 0 spiro atoms. The summed E-state index contributed by atoms with van der Waals surface area (Å²) in [5.74, 6) is -1.09. The van der Waals surface area contributed by atoms with Crippen LogP contribution in [-0.2, 0) is 10.0 Å². The number of carboxylic acids is 1. The maximum absolute atomic E-state index is 12.4. The molecule has 8 heteroatoms. The van der Waals surface area contributed by atoms with Gasteiger partial charge in [-0.1, -0.05) is 0 Å². The molecule has 0 unspecified atom stereocenters. The lowest BCUT2D eigenvalue weighted by Gasteiger charge is -2.30. The van der Waals surface area contributed by atoms with Gasteiger partial charge in [-0.15, -0.1) is 11.3 Å². The normalized spacial score (nSPS) is 18.6. The summed E-state index contributed by atoms with van der Waals surface area (Å²) in [6, 6.07) is 1.33. The Hall–Kier alpha value is -0.960. The first-order valence-electron chi connectivity index (χ1n) is 5.88. The van der Waals surface area contributed by atoms with Crippen LogP contribution in [0.25, 0.3) is 0 Å². The van der Waals surface area contributed by atoms with E-state index in [-0.39, 0.29) is 22.3 Å². The van der Waals surface area contributed by atoms with Gasteiger partial charge in [-0.2, -0.15) is 4.31 Å². The summed E-state index contributed by atoms with van der Waals surface area (Å²) in [6.07, 6.45) is 1.20. The molecule has 1 aromatic rings. The molecule has 2 N–H and O–H groups in total. The molecule has 0 radical (unpaired) electrons. The molecule has 0 aliphatic carbocycles. The average Bonchev–Trinajstić information content (AvgIpc) is 2.89. The van der Waals surface area contributed by atoms with Crippen molar-refractivity contribution >= 4 is 27.3 Å². The highest BCUT2D eigenvalue weighted by molar-refractivity contribution is 7.89. The lowest BCUT2D eigenvalue weighted by atomic mass is 10.00. The van der Waals surface area contributed by atoms with Crippen molar-refractivity contribution in [3.05, 3.63) is 16.3 Å². The molecule has 1 aromatic heterocycles. The summed E-state index contributed by atoms with van der Waals surface area (Å²) in [5, 5.41) is 19.5. The Bertz CT molecular complexity index is 557. The Kier molecular flexibility index (Phi) is 4.24. The molecular weight excluding hydrogens is 290 g/mol. The lowest BCUT2D eigenvalue weighted by molar-refractivity contribution is 0.0698. The molecule has 0 saturated carbocycles. The number of aromatic carboxylic acids is 1. The maximum atomic E-state index is 12.4. The predicted octanol–water partition coefficient (Wildman–Crippen LogP) is 0.839. The van der Waals surface area contributed by atoms with E-state index in [1.807, 2.05) is 0 Å². The molecule has 1 saturated heterocycles. The zero-order chi connectivity index (χ0) is 14.0. The minimum atomic E-state index is -3.74. The van der Waals surface area contributed by atoms with Crippen molar-refractivity contribution in [3.63, 3.8) is 0 Å². The number of aliphatic hydroxyl groups excluding tert-OH is 1. The molecule has 106 valence electrons. The van der Waals surface area contributed by atoms with Crippen molar-refractivity contribution in [2.24, 2.45) is 5.92 Å². The van der Waals surface area contributed by atoms with Gasteiger partial charge >= 0.3 is 5.97 Å². The molecule has 0 amide bonds. The number of sulfonamides is 1. The highest BCUT2D eigenvalue weighted by atomic mass is 32.2. The van der Waals surface area contributed by atoms with Crippen molar-refractivity contribution in [3.8, 4) is 0 Å². The van der Waals surface area contributed by atoms with Gasteiger partial charge in [0.15, 0.2) is 0 Å². The highest BCUT2D eigenvalue weighted by Gasteiger charge is 2.32. The number of aliphatic hydroxyl groups is 1. The van der Waals surface area contributed by atoms with Crippen LogP contribution < -0.4 is 0 Å². The Labute approximate surface area is 115 Å². The Balaban J connectivity index is 2.23. The standard InChI is InChI=1S/C11H15NO5S2/c13-7-8-1-4-12(5-2-8)19(16,17)9-3-6-18-10(9)11(14)15/h3,6,8,13H,1-2,4-5,7H2,(H,14,15). The van der Waals surface area contributed by atoms with Crippen LogP contribution in [0.15, 0.2) is 16.3 Å². The molecule has 1 aliphatic heterocycles. The van der Waals surface area contributed by atoms with E-state index in [9.17, 15) is 13.2 Å². The van der Waals surface area contributed by atoms with Gasteiger partial charge in [-0.3, -0.25) is 0 Å². The summed E-state index contributed by atoms with van der Waals surface area (Å²) in [5.41, 5.74) is 0. The molecule has 0 atom stereocenters. The topological polar surface area (TPSA) is 94.9 Å². The number of nitrogens with zero attached hydrogens (tertiary/aromatic N) is 1. The molecule has 1 aliphatic rings. The van der Waals surface area contributed by atoms with Crippen molar-refractivity contribution < 1.29 is 23.4 Å². The van der Waals surface area contributed by atoms with Crippen LogP contribution in [0.2, 0.25) is 0 Å². The van der Waals surface area contributed by atoms with E-state index in [2.05, 4.69) is 0 Å². The minimum absolute atomic E-state index is 0.0622. The van der Waals surface area contributed by atoms with Gasteiger partial charge in [0.25, 0.3) is 0 Å². The monoisotopic (exact) mass is 305 g/mol. The van der Waals surface area contributed by atoms with E-state index in [0.717, 1.165) is 11.3 Å². The Morgan fingerprint density at radius 2 is 2.05 bits per heavy atom. The van der Waals surface area contributed by atoms with E-state index in [4.69, 9.17) is 10.2 Å². The van der Waals surface area contributed by atoms with Gasteiger partial charge in [-0.05, 0) is 30.2 Å². The smallest absolute Gasteiger partial charge is 0.347 e. The van der Waals surface area contributed by atoms with Crippen LogP contribution >= 0.6 is 11.3 Å². The Morgan fingerprint density at radius 3 is 2.58 bits per heavy atom. The zero-order valence-corrected chi connectivity index (χ0v) is 11.8. The zero-order valence-electron chi connectivity index (χ0n) is 10.2. The molecule has 2 rings (SSSR count). The molecule has 6 nitrogen and oxygen atoms in total. The van der Waals surface area contributed by atoms with Gasteiger partial charge < -0.3 is 10.2 Å². The fourth-order valence-electron chi connectivity index (χ4n) is 2.13. The fourth-order valence-corrected chi connectivity index (χ4v) is 4.83. The lowest BCUT2D eigenvalue weighted by Crippen LogP contribution is -2.39. The first-order valence-corrected chi connectivity index (χ1v) is 8.20. The van der Waals surface area contributed by atoms with Crippen LogP contribution in [-0.4, -0.2) is 48.6 Å². The van der Waals surface area contributed by atoms with Gasteiger partial charge in [-0.25, -0.2) is 13.2 Å². The van der Waals surface area contributed by atoms with Gasteiger partial charge in [0.2, 0.25) is 10.0 Å². The van der Waals surface area contributed by atoms with E-state index in [0.29, 0.717) is 25.9 Å².